The van der Waals surface area contributed by atoms with Gasteiger partial charge in [-0.15, -0.1) is 5.10 Å². The van der Waals surface area contributed by atoms with Crippen LogP contribution in [-0.4, -0.2) is 39.4 Å². The number of carbonyl (C=O) groups is 1. The first-order chi connectivity index (χ1) is 12.7. The summed E-state index contributed by atoms with van der Waals surface area (Å²) in [5.74, 6) is 1.45. The third-order valence-electron chi connectivity index (χ3n) is 3.55. The van der Waals surface area contributed by atoms with Crippen molar-refractivity contribution in [1.82, 2.24) is 25.5 Å². The molecule has 0 aliphatic rings. The normalized spacial score (nSPS) is 10.7. The maximum absolute atomic E-state index is 12.0. The van der Waals surface area contributed by atoms with Crippen molar-refractivity contribution in [3.63, 3.8) is 0 Å². The number of nitrogens with one attached hydrogen (secondary N) is 2. The maximum atomic E-state index is 12.0. The Morgan fingerprint density at radius 3 is 3.00 bits per heavy atom. The lowest BCUT2D eigenvalue weighted by Crippen LogP contribution is -2.30. The summed E-state index contributed by atoms with van der Waals surface area (Å²) in [6.07, 6.45) is 2.32. The van der Waals surface area contributed by atoms with Gasteiger partial charge in [0.1, 0.15) is 12.4 Å². The fourth-order valence-corrected chi connectivity index (χ4v) is 2.30. The third kappa shape index (κ3) is 4.90. The third-order valence-corrected chi connectivity index (χ3v) is 3.55. The Morgan fingerprint density at radius 1 is 1.31 bits per heavy atom. The molecule has 1 aromatic carbocycles. The lowest BCUT2D eigenvalue weighted by Gasteiger charge is -2.09. The summed E-state index contributed by atoms with van der Waals surface area (Å²) in [6, 6.07) is 10.7. The second-order valence-corrected chi connectivity index (χ2v) is 5.55. The standard InChI is InChI=1S/C17H20N6O3/c1-13-20-21-22-23(13)15-6-2-5-14(11-15)19-17(24)18-8-4-9-25-12-16-7-3-10-26-16/h2-3,5-7,10-11H,4,8-9,12H2,1H3,(H2,18,19,24). The van der Waals surface area contributed by atoms with Crippen LogP contribution in [0.25, 0.3) is 5.69 Å². The number of ether oxygens (including phenoxy) is 1. The summed E-state index contributed by atoms with van der Waals surface area (Å²) in [4.78, 5) is 12.0. The average molecular weight is 356 g/mol. The van der Waals surface area contributed by atoms with Crippen LogP contribution in [0.1, 0.15) is 18.0 Å². The van der Waals surface area contributed by atoms with Crippen LogP contribution in [-0.2, 0) is 11.3 Å². The molecule has 0 aliphatic heterocycles. The average Bonchev–Trinajstić information content (AvgIpc) is 3.29. The van der Waals surface area contributed by atoms with Crippen molar-refractivity contribution in [3.05, 3.63) is 54.2 Å². The molecular formula is C17H20N6O3. The van der Waals surface area contributed by atoms with E-state index in [-0.39, 0.29) is 6.03 Å². The number of hydrogen-bond donors (Lipinski definition) is 2. The van der Waals surface area contributed by atoms with Crippen LogP contribution in [0.3, 0.4) is 0 Å². The van der Waals surface area contributed by atoms with E-state index in [2.05, 4.69) is 26.2 Å². The van der Waals surface area contributed by atoms with E-state index in [4.69, 9.17) is 9.15 Å². The fourth-order valence-electron chi connectivity index (χ4n) is 2.30. The number of aryl methyl sites for hydroxylation is 1. The van der Waals surface area contributed by atoms with Crippen LogP contribution in [0.15, 0.2) is 47.1 Å². The Balaban J connectivity index is 1.39. The minimum Gasteiger partial charge on any atom is -0.467 e. The summed E-state index contributed by atoms with van der Waals surface area (Å²) < 4.78 is 12.2. The van der Waals surface area contributed by atoms with Gasteiger partial charge in [-0.05, 0) is 54.1 Å². The highest BCUT2D eigenvalue weighted by Crippen LogP contribution is 2.14. The molecule has 0 aliphatic carbocycles. The van der Waals surface area contributed by atoms with Gasteiger partial charge in [0.05, 0.1) is 12.0 Å². The molecule has 9 nitrogen and oxygen atoms in total. The number of benzene rings is 1. The minimum absolute atomic E-state index is 0.276. The Morgan fingerprint density at radius 2 is 2.23 bits per heavy atom. The molecule has 0 spiro atoms. The molecule has 26 heavy (non-hydrogen) atoms. The van der Waals surface area contributed by atoms with Crippen molar-refractivity contribution in [2.75, 3.05) is 18.5 Å². The van der Waals surface area contributed by atoms with Gasteiger partial charge in [-0.25, -0.2) is 4.79 Å². The number of aromatic nitrogens is 4. The molecule has 0 bridgehead atoms. The summed E-state index contributed by atoms with van der Waals surface area (Å²) in [7, 11) is 0. The molecule has 0 unspecified atom stereocenters. The fraction of sp³-hybridized carbons (Fsp3) is 0.294. The van der Waals surface area contributed by atoms with Crippen molar-refractivity contribution >= 4 is 11.7 Å². The van der Waals surface area contributed by atoms with Gasteiger partial charge < -0.3 is 19.8 Å². The van der Waals surface area contributed by atoms with E-state index >= 15 is 0 Å². The topological polar surface area (TPSA) is 107 Å². The molecular weight excluding hydrogens is 336 g/mol. The Hall–Kier alpha value is -3.20. The predicted octanol–water partition coefficient (Wildman–Crippen LogP) is 2.29. The monoisotopic (exact) mass is 356 g/mol. The molecule has 0 saturated carbocycles. The predicted molar refractivity (Wildman–Crippen MR) is 93.9 cm³/mol. The molecule has 2 N–H and O–H groups in total. The largest absolute Gasteiger partial charge is 0.467 e. The highest BCUT2D eigenvalue weighted by molar-refractivity contribution is 5.89. The molecule has 3 aromatic rings. The van der Waals surface area contributed by atoms with E-state index in [1.165, 1.54) is 0 Å². The van der Waals surface area contributed by atoms with E-state index in [9.17, 15) is 4.79 Å². The number of hydrogen-bond acceptors (Lipinski definition) is 6. The number of nitrogens with zero attached hydrogens (tertiary/aromatic N) is 4. The molecule has 9 heteroatoms. The van der Waals surface area contributed by atoms with E-state index in [0.717, 1.165) is 11.4 Å². The van der Waals surface area contributed by atoms with Crippen LogP contribution in [0.5, 0.6) is 0 Å². The van der Waals surface area contributed by atoms with Gasteiger partial charge in [0.2, 0.25) is 0 Å². The molecule has 0 atom stereocenters. The van der Waals surface area contributed by atoms with Crippen LogP contribution in [0.2, 0.25) is 0 Å². The SMILES string of the molecule is Cc1nnnn1-c1cccc(NC(=O)NCCCOCc2ccco2)c1. The summed E-state index contributed by atoms with van der Waals surface area (Å²) in [5, 5.41) is 17.0. The van der Waals surface area contributed by atoms with Crippen molar-refractivity contribution < 1.29 is 13.9 Å². The van der Waals surface area contributed by atoms with Crippen molar-refractivity contribution in [3.8, 4) is 5.69 Å². The van der Waals surface area contributed by atoms with Crippen LogP contribution in [0.4, 0.5) is 10.5 Å². The Labute approximate surface area is 150 Å². The van der Waals surface area contributed by atoms with Crippen LogP contribution in [0, 0.1) is 6.92 Å². The molecule has 136 valence electrons. The summed E-state index contributed by atoms with van der Waals surface area (Å²) in [6.45, 7) is 3.29. The molecule has 0 saturated heterocycles. The van der Waals surface area contributed by atoms with Crippen molar-refractivity contribution in [1.29, 1.82) is 0 Å². The minimum atomic E-state index is -0.276. The zero-order valence-corrected chi connectivity index (χ0v) is 14.4. The first-order valence-corrected chi connectivity index (χ1v) is 8.23. The van der Waals surface area contributed by atoms with Crippen LogP contribution >= 0.6 is 0 Å². The molecule has 0 fully saturated rings. The Kier molecular flexibility index (Phi) is 5.94. The molecule has 3 rings (SSSR count). The zero-order valence-electron chi connectivity index (χ0n) is 14.4. The second-order valence-electron chi connectivity index (χ2n) is 5.55. The molecule has 0 radical (unpaired) electrons. The first-order valence-electron chi connectivity index (χ1n) is 8.23. The highest BCUT2D eigenvalue weighted by atomic mass is 16.5. The van der Waals surface area contributed by atoms with Gasteiger partial charge in [0, 0.05) is 18.8 Å². The number of amides is 2. The molecule has 2 heterocycles. The lowest BCUT2D eigenvalue weighted by molar-refractivity contribution is 0.104. The van der Waals surface area contributed by atoms with Crippen LogP contribution < -0.4 is 10.6 Å². The van der Waals surface area contributed by atoms with E-state index < -0.39 is 0 Å². The van der Waals surface area contributed by atoms with Gasteiger partial charge in [-0.2, -0.15) is 4.68 Å². The van der Waals surface area contributed by atoms with E-state index in [1.807, 2.05) is 24.3 Å². The van der Waals surface area contributed by atoms with Gasteiger partial charge in [0.15, 0.2) is 5.82 Å². The zero-order chi connectivity index (χ0) is 18.2. The molecule has 2 aromatic heterocycles. The number of tetrazole rings is 1. The van der Waals surface area contributed by atoms with E-state index in [0.29, 0.717) is 37.7 Å². The number of furan rings is 1. The summed E-state index contributed by atoms with van der Waals surface area (Å²) in [5.41, 5.74) is 1.43. The van der Waals surface area contributed by atoms with Gasteiger partial charge in [0.25, 0.3) is 0 Å². The van der Waals surface area contributed by atoms with E-state index in [1.54, 1.807) is 30.0 Å². The number of rotatable bonds is 8. The van der Waals surface area contributed by atoms with Gasteiger partial charge in [-0.3, -0.25) is 0 Å². The quantitative estimate of drug-likeness (QED) is 0.600. The number of carbonyl (C=O) groups excluding carboxylic acids is 1. The Bertz CT molecular complexity index is 831. The van der Waals surface area contributed by atoms with Crippen molar-refractivity contribution in [2.24, 2.45) is 0 Å². The first kappa shape index (κ1) is 17.6. The van der Waals surface area contributed by atoms with Crippen molar-refractivity contribution in [2.45, 2.75) is 20.0 Å². The lowest BCUT2D eigenvalue weighted by atomic mass is 10.3. The number of anilines is 1. The smallest absolute Gasteiger partial charge is 0.319 e. The van der Waals surface area contributed by atoms with Gasteiger partial charge in [-0.1, -0.05) is 6.07 Å². The summed E-state index contributed by atoms with van der Waals surface area (Å²) >= 11 is 0. The highest BCUT2D eigenvalue weighted by Gasteiger charge is 2.06. The maximum Gasteiger partial charge on any atom is 0.319 e. The van der Waals surface area contributed by atoms with Gasteiger partial charge >= 0.3 is 6.03 Å². The second kappa shape index (κ2) is 8.77. The number of urea groups is 1. The molecule has 2 amide bonds.